The van der Waals surface area contributed by atoms with Gasteiger partial charge in [0.15, 0.2) is 5.82 Å². The van der Waals surface area contributed by atoms with Crippen LogP contribution >= 0.6 is 0 Å². The Bertz CT molecular complexity index is 627. The number of rotatable bonds is 4. The number of amides is 2. The van der Waals surface area contributed by atoms with Crippen LogP contribution in [0.4, 0.5) is 10.5 Å². The molecule has 1 aliphatic heterocycles. The van der Waals surface area contributed by atoms with Crippen molar-refractivity contribution in [2.75, 3.05) is 18.4 Å². The van der Waals surface area contributed by atoms with Gasteiger partial charge in [0.25, 0.3) is 0 Å². The molecule has 0 unspecified atom stereocenters. The summed E-state index contributed by atoms with van der Waals surface area (Å²) >= 11 is 0. The van der Waals surface area contributed by atoms with Crippen molar-refractivity contribution >= 4 is 11.7 Å². The van der Waals surface area contributed by atoms with E-state index in [1.165, 1.54) is 0 Å². The average Bonchev–Trinajstić information content (AvgIpc) is 3.19. The summed E-state index contributed by atoms with van der Waals surface area (Å²) in [6.07, 6.45) is 5.25. The number of tetrazole rings is 1. The number of H-pyrrole nitrogens is 1. The summed E-state index contributed by atoms with van der Waals surface area (Å²) in [5, 5.41) is 21.3. The van der Waals surface area contributed by atoms with Crippen LogP contribution in [-0.2, 0) is 6.54 Å². The number of likely N-dealkylation sites (tertiary alicyclic amines) is 1. The molecule has 2 N–H and O–H groups in total. The van der Waals surface area contributed by atoms with Crippen molar-refractivity contribution in [3.8, 4) is 0 Å². The zero-order chi connectivity index (χ0) is 16.2. The van der Waals surface area contributed by atoms with E-state index in [4.69, 9.17) is 0 Å². The minimum atomic E-state index is -0.0827. The van der Waals surface area contributed by atoms with Crippen LogP contribution < -0.4 is 5.32 Å². The molecular weight excluding hydrogens is 296 g/mol. The van der Waals surface area contributed by atoms with Gasteiger partial charge in [-0.1, -0.05) is 19.1 Å². The standard InChI is InChI=1S/C14H22N8O/c1-10(2)8-22-9-12(7-15-22)16-14(23)21-5-3-11(4-6-21)13-17-19-20-18-13/h7,9-11H,3-6,8H2,1-2H3,(H,16,23)(H,17,18,19,20). The Labute approximate surface area is 134 Å². The fourth-order valence-electron chi connectivity index (χ4n) is 2.79. The van der Waals surface area contributed by atoms with Gasteiger partial charge in [-0.25, -0.2) is 4.79 Å². The molecular formula is C14H22N8O. The van der Waals surface area contributed by atoms with Gasteiger partial charge < -0.3 is 10.2 Å². The number of nitrogens with one attached hydrogen (secondary N) is 2. The van der Waals surface area contributed by atoms with Gasteiger partial charge in [0.05, 0.1) is 11.9 Å². The largest absolute Gasteiger partial charge is 0.324 e. The van der Waals surface area contributed by atoms with Gasteiger partial charge in [-0.3, -0.25) is 4.68 Å². The van der Waals surface area contributed by atoms with Crippen LogP contribution in [0.3, 0.4) is 0 Å². The molecule has 2 aromatic rings. The molecule has 124 valence electrons. The second-order valence-corrected chi connectivity index (χ2v) is 6.31. The SMILES string of the molecule is CC(C)Cn1cc(NC(=O)N2CCC(c3nn[nH]n3)CC2)cn1. The van der Waals surface area contributed by atoms with Crippen LogP contribution in [0.25, 0.3) is 0 Å². The van der Waals surface area contributed by atoms with Crippen molar-refractivity contribution in [2.24, 2.45) is 5.92 Å². The maximum absolute atomic E-state index is 12.3. The fraction of sp³-hybridized carbons (Fsp3) is 0.643. The van der Waals surface area contributed by atoms with E-state index in [1.807, 2.05) is 15.8 Å². The number of hydrogen-bond donors (Lipinski definition) is 2. The Morgan fingerprint density at radius 1 is 1.43 bits per heavy atom. The monoisotopic (exact) mass is 318 g/mol. The first kappa shape index (κ1) is 15.4. The molecule has 0 spiro atoms. The maximum atomic E-state index is 12.3. The van der Waals surface area contributed by atoms with Crippen LogP contribution in [0.2, 0.25) is 0 Å². The van der Waals surface area contributed by atoms with Crippen LogP contribution in [0.5, 0.6) is 0 Å². The van der Waals surface area contributed by atoms with E-state index in [0.29, 0.717) is 19.0 Å². The Morgan fingerprint density at radius 2 is 2.22 bits per heavy atom. The molecule has 1 fully saturated rings. The van der Waals surface area contributed by atoms with E-state index < -0.39 is 0 Å². The molecule has 0 atom stereocenters. The molecule has 0 bridgehead atoms. The smallest absolute Gasteiger partial charge is 0.321 e. The van der Waals surface area contributed by atoms with Crippen molar-refractivity contribution in [3.05, 3.63) is 18.2 Å². The Kier molecular flexibility index (Phi) is 4.54. The van der Waals surface area contributed by atoms with E-state index >= 15 is 0 Å². The lowest BCUT2D eigenvalue weighted by Gasteiger charge is -2.30. The summed E-state index contributed by atoms with van der Waals surface area (Å²) in [5.74, 6) is 1.52. The fourth-order valence-corrected chi connectivity index (χ4v) is 2.79. The lowest BCUT2D eigenvalue weighted by molar-refractivity contribution is 0.193. The van der Waals surface area contributed by atoms with Crippen molar-refractivity contribution in [1.29, 1.82) is 0 Å². The molecule has 23 heavy (non-hydrogen) atoms. The number of anilines is 1. The van der Waals surface area contributed by atoms with Crippen LogP contribution in [0.1, 0.15) is 38.4 Å². The molecule has 2 aromatic heterocycles. The van der Waals surface area contributed by atoms with Gasteiger partial charge >= 0.3 is 6.03 Å². The first-order valence-electron chi connectivity index (χ1n) is 7.93. The highest BCUT2D eigenvalue weighted by molar-refractivity contribution is 5.89. The highest BCUT2D eigenvalue weighted by Gasteiger charge is 2.26. The third-order valence-electron chi connectivity index (χ3n) is 3.95. The first-order chi connectivity index (χ1) is 11.1. The van der Waals surface area contributed by atoms with Crippen molar-refractivity contribution in [3.63, 3.8) is 0 Å². The summed E-state index contributed by atoms with van der Waals surface area (Å²) in [7, 11) is 0. The summed E-state index contributed by atoms with van der Waals surface area (Å²) in [6.45, 7) is 6.48. The van der Waals surface area contributed by atoms with E-state index in [9.17, 15) is 4.79 Å². The molecule has 3 rings (SSSR count). The molecule has 1 saturated heterocycles. The third kappa shape index (κ3) is 3.85. The molecule has 1 aliphatic rings. The lowest BCUT2D eigenvalue weighted by atomic mass is 9.96. The molecule has 0 saturated carbocycles. The number of carbonyl (C=O) groups excluding carboxylic acids is 1. The molecule has 0 radical (unpaired) electrons. The van der Waals surface area contributed by atoms with Crippen molar-refractivity contribution < 1.29 is 4.79 Å². The molecule has 3 heterocycles. The van der Waals surface area contributed by atoms with Gasteiger partial charge in [-0.2, -0.15) is 10.3 Å². The second kappa shape index (κ2) is 6.76. The average molecular weight is 318 g/mol. The topological polar surface area (TPSA) is 105 Å². The summed E-state index contributed by atoms with van der Waals surface area (Å²) in [4.78, 5) is 14.1. The number of hydrogen-bond acceptors (Lipinski definition) is 5. The number of piperidine rings is 1. The minimum Gasteiger partial charge on any atom is -0.324 e. The number of urea groups is 1. The Balaban J connectivity index is 1.50. The van der Waals surface area contributed by atoms with Gasteiger partial charge in [-0.15, -0.1) is 10.2 Å². The van der Waals surface area contributed by atoms with Gasteiger partial charge in [0.1, 0.15) is 0 Å². The Hall–Kier alpha value is -2.45. The molecule has 9 nitrogen and oxygen atoms in total. The van der Waals surface area contributed by atoms with Crippen LogP contribution in [-0.4, -0.2) is 54.4 Å². The van der Waals surface area contributed by atoms with Crippen molar-refractivity contribution in [2.45, 2.75) is 39.2 Å². The molecule has 9 heteroatoms. The summed E-state index contributed by atoms with van der Waals surface area (Å²) < 4.78 is 1.85. The van der Waals surface area contributed by atoms with Crippen molar-refractivity contribution in [1.82, 2.24) is 35.3 Å². The third-order valence-corrected chi connectivity index (χ3v) is 3.95. The molecule has 0 aliphatic carbocycles. The predicted molar refractivity (Wildman–Crippen MR) is 83.8 cm³/mol. The van der Waals surface area contributed by atoms with E-state index in [2.05, 4.69) is 44.9 Å². The predicted octanol–water partition coefficient (Wildman–Crippen LogP) is 1.46. The van der Waals surface area contributed by atoms with Crippen LogP contribution in [0, 0.1) is 5.92 Å². The maximum Gasteiger partial charge on any atom is 0.321 e. The highest BCUT2D eigenvalue weighted by atomic mass is 16.2. The second-order valence-electron chi connectivity index (χ2n) is 6.31. The number of aromatic amines is 1. The first-order valence-corrected chi connectivity index (χ1v) is 7.93. The van der Waals surface area contributed by atoms with Gasteiger partial charge in [0, 0.05) is 31.7 Å². The summed E-state index contributed by atoms with van der Waals surface area (Å²) in [5.41, 5.74) is 0.732. The quantitative estimate of drug-likeness (QED) is 0.888. The number of aromatic nitrogens is 6. The minimum absolute atomic E-state index is 0.0827. The van der Waals surface area contributed by atoms with Gasteiger partial charge in [-0.05, 0) is 18.8 Å². The molecule has 0 aromatic carbocycles. The zero-order valence-corrected chi connectivity index (χ0v) is 13.4. The number of carbonyl (C=O) groups is 1. The van der Waals surface area contributed by atoms with E-state index in [-0.39, 0.29) is 11.9 Å². The van der Waals surface area contributed by atoms with E-state index in [0.717, 1.165) is 30.9 Å². The summed E-state index contributed by atoms with van der Waals surface area (Å²) in [6, 6.07) is -0.0827. The van der Waals surface area contributed by atoms with E-state index in [1.54, 1.807) is 6.20 Å². The highest BCUT2D eigenvalue weighted by Crippen LogP contribution is 2.25. The normalized spacial score (nSPS) is 16.0. The lowest BCUT2D eigenvalue weighted by Crippen LogP contribution is -2.40. The molecule has 2 amide bonds. The number of nitrogens with zero attached hydrogens (tertiary/aromatic N) is 6. The van der Waals surface area contributed by atoms with Crippen LogP contribution in [0.15, 0.2) is 12.4 Å². The van der Waals surface area contributed by atoms with Gasteiger partial charge in [0.2, 0.25) is 0 Å². The zero-order valence-electron chi connectivity index (χ0n) is 13.4. The Morgan fingerprint density at radius 3 is 2.87 bits per heavy atom.